The first kappa shape index (κ1) is 8.53. The predicted molar refractivity (Wildman–Crippen MR) is 54.7 cm³/mol. The first-order valence-corrected chi connectivity index (χ1v) is 5.02. The molecule has 3 nitrogen and oxygen atoms in total. The summed E-state index contributed by atoms with van der Waals surface area (Å²) in [7, 11) is 0. The second-order valence-electron chi connectivity index (χ2n) is 3.67. The topological polar surface area (TPSA) is 39.4 Å². The molecule has 76 valence electrons. The van der Waals surface area contributed by atoms with Crippen molar-refractivity contribution in [2.45, 2.75) is 19.4 Å². The smallest absolute Gasteiger partial charge is 0.343 e. The molecule has 15 heavy (non-hydrogen) atoms. The van der Waals surface area contributed by atoms with Gasteiger partial charge in [-0.3, -0.25) is 0 Å². The highest BCUT2D eigenvalue weighted by Crippen LogP contribution is 2.37. The molecule has 1 atom stereocenters. The van der Waals surface area contributed by atoms with Gasteiger partial charge in [-0.05, 0) is 12.5 Å². The summed E-state index contributed by atoms with van der Waals surface area (Å²) >= 11 is 0. The summed E-state index contributed by atoms with van der Waals surface area (Å²) < 4.78 is 10.6. The molecule has 0 aliphatic carbocycles. The maximum atomic E-state index is 11.7. The lowest BCUT2D eigenvalue weighted by molar-refractivity contribution is 0.0379. The van der Waals surface area contributed by atoms with E-state index in [2.05, 4.69) is 0 Å². The highest BCUT2D eigenvalue weighted by Gasteiger charge is 2.32. The SMILES string of the molecule is CCC1OC(=O)c2c1ccc1ccoc21. The monoisotopic (exact) mass is 202 g/mol. The zero-order chi connectivity index (χ0) is 10.4. The molecule has 0 fully saturated rings. The number of ether oxygens (including phenoxy) is 1. The molecule has 1 aromatic heterocycles. The number of carbonyl (C=O) groups excluding carboxylic acids is 1. The van der Waals surface area contributed by atoms with E-state index in [0.717, 1.165) is 17.4 Å². The summed E-state index contributed by atoms with van der Waals surface area (Å²) in [6, 6.07) is 5.76. The molecule has 1 aliphatic heterocycles. The normalized spacial score (nSPS) is 19.3. The molecule has 0 amide bonds. The van der Waals surface area contributed by atoms with E-state index in [4.69, 9.17) is 9.15 Å². The molecule has 1 aromatic carbocycles. The van der Waals surface area contributed by atoms with Crippen LogP contribution in [0.2, 0.25) is 0 Å². The second kappa shape index (κ2) is 2.86. The van der Waals surface area contributed by atoms with Crippen LogP contribution in [0.1, 0.15) is 35.4 Å². The molecule has 0 spiro atoms. The summed E-state index contributed by atoms with van der Waals surface area (Å²) in [4.78, 5) is 11.7. The molecule has 3 rings (SSSR count). The van der Waals surface area contributed by atoms with Crippen molar-refractivity contribution >= 4 is 16.9 Å². The van der Waals surface area contributed by atoms with Gasteiger partial charge in [0, 0.05) is 10.9 Å². The minimum absolute atomic E-state index is 0.109. The van der Waals surface area contributed by atoms with Crippen molar-refractivity contribution in [3.05, 3.63) is 35.6 Å². The van der Waals surface area contributed by atoms with Gasteiger partial charge in [-0.15, -0.1) is 0 Å². The average Bonchev–Trinajstić information content (AvgIpc) is 2.81. The van der Waals surface area contributed by atoms with Crippen molar-refractivity contribution in [3.8, 4) is 0 Å². The summed E-state index contributed by atoms with van der Waals surface area (Å²) in [5.74, 6) is -0.266. The van der Waals surface area contributed by atoms with Crippen LogP contribution in [0.4, 0.5) is 0 Å². The Morgan fingerprint density at radius 3 is 3.00 bits per heavy atom. The molecule has 2 aromatic rings. The molecule has 1 aliphatic rings. The summed E-state index contributed by atoms with van der Waals surface area (Å²) in [6.07, 6.45) is 2.28. The van der Waals surface area contributed by atoms with Crippen molar-refractivity contribution in [1.29, 1.82) is 0 Å². The second-order valence-corrected chi connectivity index (χ2v) is 3.67. The van der Waals surface area contributed by atoms with E-state index in [0.29, 0.717) is 11.1 Å². The van der Waals surface area contributed by atoms with Gasteiger partial charge in [-0.25, -0.2) is 4.79 Å². The number of furan rings is 1. The molecule has 0 saturated carbocycles. The number of hydrogen-bond donors (Lipinski definition) is 0. The van der Waals surface area contributed by atoms with Crippen LogP contribution in [0, 0.1) is 0 Å². The van der Waals surface area contributed by atoms with Crippen LogP contribution in [0.15, 0.2) is 28.9 Å². The van der Waals surface area contributed by atoms with Gasteiger partial charge in [0.1, 0.15) is 17.3 Å². The largest absolute Gasteiger partial charge is 0.463 e. The maximum Gasteiger partial charge on any atom is 0.343 e. The lowest BCUT2D eigenvalue weighted by Gasteiger charge is -2.05. The van der Waals surface area contributed by atoms with Gasteiger partial charge in [0.05, 0.1) is 6.26 Å². The Balaban J connectivity index is 2.34. The number of esters is 1. The summed E-state index contributed by atoms with van der Waals surface area (Å²) in [5, 5.41) is 0.947. The number of carbonyl (C=O) groups is 1. The van der Waals surface area contributed by atoms with Gasteiger partial charge in [-0.2, -0.15) is 0 Å². The minimum atomic E-state index is -0.266. The predicted octanol–water partition coefficient (Wildman–Crippen LogP) is 3.05. The third-order valence-corrected chi connectivity index (χ3v) is 2.82. The molecule has 1 unspecified atom stereocenters. The Labute approximate surface area is 86.6 Å². The average molecular weight is 202 g/mol. The Kier molecular flexibility index (Phi) is 1.63. The molecular weight excluding hydrogens is 192 g/mol. The van der Waals surface area contributed by atoms with Gasteiger partial charge >= 0.3 is 5.97 Å². The van der Waals surface area contributed by atoms with Gasteiger partial charge in [-0.1, -0.05) is 19.1 Å². The number of cyclic esters (lactones) is 1. The van der Waals surface area contributed by atoms with Crippen LogP contribution in [0.25, 0.3) is 11.0 Å². The van der Waals surface area contributed by atoms with Crippen LogP contribution < -0.4 is 0 Å². The van der Waals surface area contributed by atoms with Crippen molar-refractivity contribution in [1.82, 2.24) is 0 Å². The zero-order valence-corrected chi connectivity index (χ0v) is 8.32. The fraction of sp³-hybridized carbons (Fsp3) is 0.250. The molecule has 0 N–H and O–H groups in total. The summed E-state index contributed by atoms with van der Waals surface area (Å²) in [5.41, 5.74) is 2.20. The molecular formula is C12H10O3. The van der Waals surface area contributed by atoms with Crippen LogP contribution in [-0.2, 0) is 4.74 Å². The van der Waals surface area contributed by atoms with Crippen molar-refractivity contribution in [2.75, 3.05) is 0 Å². The lowest BCUT2D eigenvalue weighted by Crippen LogP contribution is -1.96. The number of benzene rings is 1. The number of hydrogen-bond acceptors (Lipinski definition) is 3. The van der Waals surface area contributed by atoms with E-state index in [9.17, 15) is 4.79 Å². The van der Waals surface area contributed by atoms with Crippen LogP contribution in [0.3, 0.4) is 0 Å². The van der Waals surface area contributed by atoms with Gasteiger partial charge in [0.2, 0.25) is 0 Å². The Hall–Kier alpha value is -1.77. The van der Waals surface area contributed by atoms with Crippen molar-refractivity contribution in [3.63, 3.8) is 0 Å². The van der Waals surface area contributed by atoms with Gasteiger partial charge in [0.15, 0.2) is 0 Å². The molecule has 2 heterocycles. The minimum Gasteiger partial charge on any atom is -0.463 e. The van der Waals surface area contributed by atoms with Crippen LogP contribution in [-0.4, -0.2) is 5.97 Å². The Bertz CT molecular complexity index is 539. The standard InChI is InChI=1S/C12H10O3/c1-2-9-8-4-3-7-5-6-14-11(7)10(8)12(13)15-9/h3-6,9H,2H2,1H3. The van der Waals surface area contributed by atoms with Crippen LogP contribution >= 0.6 is 0 Å². The van der Waals surface area contributed by atoms with E-state index in [1.54, 1.807) is 6.26 Å². The molecule has 0 bridgehead atoms. The fourth-order valence-corrected chi connectivity index (χ4v) is 2.08. The quantitative estimate of drug-likeness (QED) is 0.667. The fourth-order valence-electron chi connectivity index (χ4n) is 2.08. The summed E-state index contributed by atoms with van der Waals surface area (Å²) in [6.45, 7) is 2.00. The van der Waals surface area contributed by atoms with Crippen LogP contribution in [0.5, 0.6) is 0 Å². The molecule has 3 heteroatoms. The first-order valence-electron chi connectivity index (χ1n) is 5.02. The Morgan fingerprint density at radius 2 is 2.20 bits per heavy atom. The van der Waals surface area contributed by atoms with Gasteiger partial charge < -0.3 is 9.15 Å². The van der Waals surface area contributed by atoms with E-state index in [1.807, 2.05) is 25.1 Å². The van der Waals surface area contributed by atoms with Gasteiger partial charge in [0.25, 0.3) is 0 Å². The first-order chi connectivity index (χ1) is 7.31. The Morgan fingerprint density at radius 1 is 1.33 bits per heavy atom. The van der Waals surface area contributed by atoms with Crippen molar-refractivity contribution in [2.24, 2.45) is 0 Å². The van der Waals surface area contributed by atoms with E-state index < -0.39 is 0 Å². The third-order valence-electron chi connectivity index (χ3n) is 2.82. The lowest BCUT2D eigenvalue weighted by atomic mass is 10.0. The van der Waals surface area contributed by atoms with E-state index in [1.165, 1.54) is 0 Å². The maximum absolute atomic E-state index is 11.7. The zero-order valence-electron chi connectivity index (χ0n) is 8.32. The highest BCUT2D eigenvalue weighted by molar-refractivity contribution is 6.05. The third kappa shape index (κ3) is 1.03. The van der Waals surface area contributed by atoms with E-state index in [-0.39, 0.29) is 12.1 Å². The molecule has 0 radical (unpaired) electrons. The molecule has 0 saturated heterocycles. The highest BCUT2D eigenvalue weighted by atomic mass is 16.5. The number of rotatable bonds is 1. The van der Waals surface area contributed by atoms with Crippen molar-refractivity contribution < 1.29 is 13.9 Å². The number of fused-ring (bicyclic) bond motifs is 3. The van der Waals surface area contributed by atoms with E-state index >= 15 is 0 Å².